The van der Waals surface area contributed by atoms with Crippen LogP contribution in [0.15, 0.2) is 43.8 Å². The maximum atomic E-state index is 13.0. The number of carbonyl (C=O) groups is 4. The molecule has 0 saturated carbocycles. The number of nitrogens with zero attached hydrogens (tertiary/aromatic N) is 6. The number of carbonyl (C=O) groups excluding carboxylic acids is 4. The third-order valence-electron chi connectivity index (χ3n) is 11.3. The van der Waals surface area contributed by atoms with Crippen LogP contribution in [0.2, 0.25) is 0 Å². The number of rotatable bonds is 15. The van der Waals surface area contributed by atoms with E-state index in [0.717, 1.165) is 33.6 Å². The molecule has 0 saturated heterocycles. The monoisotopic (exact) mass is 1040 g/mol. The number of anilines is 4. The Balaban J connectivity index is 0.000000277. The molecule has 2 aliphatic heterocycles. The molecule has 0 fully saturated rings. The van der Waals surface area contributed by atoms with Crippen molar-refractivity contribution in [3.8, 4) is 0 Å². The van der Waals surface area contributed by atoms with Crippen LogP contribution in [0.3, 0.4) is 0 Å². The predicted molar refractivity (Wildman–Crippen MR) is 288 cm³/mol. The minimum Gasteiger partial charge on any atom is -0.460 e. The maximum Gasteiger partial charge on any atom is 0.324 e. The molecule has 2 aromatic heterocycles. The largest absolute Gasteiger partial charge is 0.460 e. The highest BCUT2D eigenvalue weighted by atomic mass is 16.6. The highest BCUT2D eigenvalue weighted by Crippen LogP contribution is 2.38. The summed E-state index contributed by atoms with van der Waals surface area (Å²) in [7, 11) is 0. The lowest BCUT2D eigenvalue weighted by Crippen LogP contribution is -2.47. The molecule has 2 aromatic carbocycles. The lowest BCUT2D eigenvalue weighted by Gasteiger charge is -2.30. The Kier molecular flexibility index (Phi) is 18.2. The van der Waals surface area contributed by atoms with E-state index in [1.165, 1.54) is 0 Å². The Labute approximate surface area is 438 Å². The van der Waals surface area contributed by atoms with Gasteiger partial charge in [0.05, 0.1) is 29.2 Å². The Morgan fingerprint density at radius 2 is 0.920 bits per heavy atom. The number of benzene rings is 2. The first kappa shape index (κ1) is 58.8. The van der Waals surface area contributed by atoms with Crippen LogP contribution in [0.5, 0.6) is 0 Å². The van der Waals surface area contributed by atoms with Gasteiger partial charge in [-0.2, -0.15) is 0 Å². The molecule has 0 bridgehead atoms. The number of fused-ring (bicyclic) bond motifs is 4. The highest BCUT2D eigenvalue weighted by molar-refractivity contribution is 5.83. The lowest BCUT2D eigenvalue weighted by molar-refractivity contribution is -0.164. The van der Waals surface area contributed by atoms with Crippen LogP contribution in [0.25, 0.3) is 13.2 Å². The van der Waals surface area contributed by atoms with Gasteiger partial charge in [-0.25, -0.2) is 20.0 Å². The van der Waals surface area contributed by atoms with Crippen LogP contribution in [0, 0.1) is 27.7 Å². The average Bonchev–Trinajstić information content (AvgIpc) is 3.23. The normalized spacial score (nSPS) is 13.8. The zero-order valence-electron chi connectivity index (χ0n) is 46.6. The molecule has 0 spiro atoms. The second kappa shape index (κ2) is 23.2. The molecule has 6 rings (SSSR count). The quantitative estimate of drug-likeness (QED) is 0.0917. The van der Waals surface area contributed by atoms with E-state index in [9.17, 15) is 28.8 Å². The number of aromatic nitrogens is 4. The number of esters is 4. The van der Waals surface area contributed by atoms with Gasteiger partial charge in [-0.15, -0.1) is 0 Å². The van der Waals surface area contributed by atoms with E-state index >= 15 is 0 Å². The molecule has 75 heavy (non-hydrogen) atoms. The van der Waals surface area contributed by atoms with Gasteiger partial charge in [0.25, 0.3) is 11.1 Å². The van der Waals surface area contributed by atoms with Gasteiger partial charge in [0.2, 0.25) is 0 Å². The molecule has 4 heterocycles. The fourth-order valence-electron chi connectivity index (χ4n) is 7.88. The molecule has 0 aliphatic carbocycles. The molecular formula is C55H76N10O10. The topological polar surface area (TPSA) is 252 Å². The van der Waals surface area contributed by atoms with Crippen molar-refractivity contribution in [1.29, 1.82) is 0 Å². The fraction of sp³-hybridized carbons (Fsp3) is 0.527. The van der Waals surface area contributed by atoms with Gasteiger partial charge in [-0.1, -0.05) is 13.2 Å². The van der Waals surface area contributed by atoms with E-state index in [0.29, 0.717) is 42.6 Å². The molecule has 0 amide bonds. The molecule has 4 N–H and O–H groups in total. The minimum absolute atomic E-state index is 0.0582. The number of hydrogen-bond acceptors (Lipinski definition) is 18. The zero-order valence-corrected chi connectivity index (χ0v) is 46.6. The van der Waals surface area contributed by atoms with Gasteiger partial charge in [-0.05, 0) is 164 Å². The molecule has 0 radical (unpaired) electrons. The van der Waals surface area contributed by atoms with Gasteiger partial charge in [0, 0.05) is 32.6 Å². The number of aromatic amines is 2. The summed E-state index contributed by atoms with van der Waals surface area (Å²) < 4.78 is 22.0. The molecule has 20 nitrogen and oxygen atoms in total. The molecular weight excluding hydrogens is 961 g/mol. The van der Waals surface area contributed by atoms with Crippen molar-refractivity contribution >= 4 is 71.4 Å². The van der Waals surface area contributed by atoms with Crippen LogP contribution in [-0.2, 0) is 38.1 Å². The summed E-state index contributed by atoms with van der Waals surface area (Å²) in [6.07, 6.45) is 0.0855. The van der Waals surface area contributed by atoms with Gasteiger partial charge >= 0.3 is 23.9 Å². The van der Waals surface area contributed by atoms with E-state index in [-0.39, 0.29) is 64.6 Å². The number of nitrogens with one attached hydrogen (secondary N) is 4. The summed E-state index contributed by atoms with van der Waals surface area (Å²) in [4.78, 5) is 103. The molecule has 20 heteroatoms. The molecule has 406 valence electrons. The first-order valence-corrected chi connectivity index (χ1v) is 25.1. The van der Waals surface area contributed by atoms with Crippen molar-refractivity contribution in [2.75, 3.05) is 36.0 Å². The minimum atomic E-state index is -0.919. The number of hydrogen-bond donors (Lipinski definition) is 4. The molecule has 2 aliphatic rings. The molecule has 4 aromatic rings. The van der Waals surface area contributed by atoms with Crippen LogP contribution < -0.4 is 53.2 Å². The number of H-pyrrole nitrogens is 2. The smallest absolute Gasteiger partial charge is 0.324 e. The number of ether oxygens (including phenoxy) is 4. The van der Waals surface area contributed by atoms with E-state index in [1.54, 1.807) is 83.1 Å². The van der Waals surface area contributed by atoms with Gasteiger partial charge in [-0.3, -0.25) is 28.8 Å². The van der Waals surface area contributed by atoms with Crippen LogP contribution in [-0.4, -0.2) is 104 Å². The standard InChI is InChI=1S/C28H39N5O5.C27H37N5O5/c1-16-14-20-21(15-17(16)2)33(24-23(32-20)25(35)31-18(3)30-24)13-12-29-19(26(36)38-28(7,8)9)10-11-22(34)37-27(4,5)6;1-15-12-18-20(13-16(15)2)32(23-22(31-18)24(34)30-17(3)29-23)11-10-28-19(25(35)37-27(7,8)9)14-21(33)36-26(4,5)6/h14-15,19,29H,3,10-13H2,1-2,4-9H3,(H,31,35);12-13,19,28H,3,10-11,14H2,1-2,4-9H3,(H,30,34)/t2*19-/m00/s1. The van der Waals surface area contributed by atoms with Crippen LogP contribution >= 0.6 is 0 Å². The van der Waals surface area contributed by atoms with E-state index in [4.69, 9.17) is 18.9 Å². The Morgan fingerprint density at radius 3 is 1.32 bits per heavy atom. The van der Waals surface area contributed by atoms with Crippen molar-refractivity contribution in [2.24, 2.45) is 9.98 Å². The second-order valence-corrected chi connectivity index (χ2v) is 22.7. The predicted octanol–water partition coefficient (Wildman–Crippen LogP) is 4.85. The first-order chi connectivity index (χ1) is 34.6. The Hall–Kier alpha value is -7.06. The van der Waals surface area contributed by atoms with Crippen molar-refractivity contribution in [3.05, 3.63) is 88.9 Å². The van der Waals surface area contributed by atoms with Gasteiger partial charge in [0.15, 0.2) is 22.4 Å². The van der Waals surface area contributed by atoms with Crippen LogP contribution in [0.4, 0.5) is 34.4 Å². The van der Waals surface area contributed by atoms with Gasteiger partial charge < -0.3 is 49.3 Å². The Morgan fingerprint density at radius 1 is 0.560 bits per heavy atom. The molecule has 2 atom stereocenters. The SMILES string of the molecule is C=c1nc2c(c(=O)[nH]1)=Nc1cc(C)c(C)cc1N2CCN[C@@H](CC(=O)OC(C)(C)C)C(=O)OC(C)(C)C.C=c1nc2c(c(=O)[nH]1)=Nc1cc(C)c(C)cc1N2CCN[C@@H](CCC(=O)OC(C)(C)C)C(=O)OC(C)(C)C. The first-order valence-electron chi connectivity index (χ1n) is 25.1. The summed E-state index contributed by atoms with van der Waals surface area (Å²) in [5.41, 5.74) is 4.16. The van der Waals surface area contributed by atoms with Crippen molar-refractivity contribution in [1.82, 2.24) is 30.6 Å². The van der Waals surface area contributed by atoms with E-state index in [1.807, 2.05) is 61.8 Å². The summed E-state index contributed by atoms with van der Waals surface area (Å²) in [5.74, 6) is -1.11. The van der Waals surface area contributed by atoms with Crippen LogP contribution in [0.1, 0.15) is 125 Å². The summed E-state index contributed by atoms with van der Waals surface area (Å²) in [6.45, 7) is 38.3. The molecule has 0 unspecified atom stereocenters. The summed E-state index contributed by atoms with van der Waals surface area (Å²) in [5, 5.41) is 6.79. The highest BCUT2D eigenvalue weighted by Gasteiger charge is 2.32. The third-order valence-corrected chi connectivity index (χ3v) is 11.3. The van der Waals surface area contributed by atoms with Gasteiger partial charge in [0.1, 0.15) is 45.4 Å². The average molecular weight is 1040 g/mol. The van der Waals surface area contributed by atoms with Crippen molar-refractivity contribution in [2.45, 2.75) is 165 Å². The number of aryl methyl sites for hydroxylation is 4. The van der Waals surface area contributed by atoms with Crippen molar-refractivity contribution in [3.63, 3.8) is 0 Å². The lowest BCUT2D eigenvalue weighted by atomic mass is 10.1. The second-order valence-electron chi connectivity index (χ2n) is 22.7. The third kappa shape index (κ3) is 16.7. The summed E-state index contributed by atoms with van der Waals surface area (Å²) >= 11 is 0. The van der Waals surface area contributed by atoms with E-state index in [2.05, 4.69) is 53.7 Å². The van der Waals surface area contributed by atoms with E-state index < -0.39 is 52.4 Å². The fourth-order valence-corrected chi connectivity index (χ4v) is 7.88. The van der Waals surface area contributed by atoms with Crippen molar-refractivity contribution < 1.29 is 38.1 Å². The maximum absolute atomic E-state index is 13.0. The Bertz CT molecular complexity index is 3180. The summed E-state index contributed by atoms with van der Waals surface area (Å²) in [6, 6.07) is 6.22. The zero-order chi connectivity index (χ0) is 56.1.